The van der Waals surface area contributed by atoms with E-state index in [0.29, 0.717) is 11.8 Å². The first-order valence-corrected chi connectivity index (χ1v) is 7.44. The van der Waals surface area contributed by atoms with Gasteiger partial charge in [0.05, 0.1) is 11.5 Å². The van der Waals surface area contributed by atoms with Crippen molar-refractivity contribution in [2.45, 2.75) is 32.1 Å². The fourth-order valence-corrected chi connectivity index (χ4v) is 4.27. The minimum atomic E-state index is -0.277. The van der Waals surface area contributed by atoms with E-state index in [2.05, 4.69) is 17.4 Å². The largest absolute Gasteiger partial charge is 0.342 e. The maximum absolute atomic E-state index is 12.7. The molecule has 3 unspecified atom stereocenters. The van der Waals surface area contributed by atoms with Gasteiger partial charge in [-0.1, -0.05) is 36.8 Å². The molecule has 0 aromatic heterocycles. The maximum Gasteiger partial charge on any atom is 0.227 e. The van der Waals surface area contributed by atoms with Gasteiger partial charge >= 0.3 is 0 Å². The molecule has 0 spiro atoms. The molecule has 0 aliphatic heterocycles. The number of carbonyl (C=O) groups is 1. The molecule has 2 saturated carbocycles. The number of nitrogens with one attached hydrogen (secondary N) is 1. The number of benzene rings is 1. The lowest BCUT2D eigenvalue weighted by Gasteiger charge is -2.36. The molecule has 3 atom stereocenters. The summed E-state index contributed by atoms with van der Waals surface area (Å²) in [6, 6.07) is 12.3. The van der Waals surface area contributed by atoms with Gasteiger partial charge in [-0.15, -0.1) is 0 Å². The Morgan fingerprint density at radius 3 is 2.75 bits per heavy atom. The summed E-state index contributed by atoms with van der Waals surface area (Å²) in [6.45, 7) is 0.118. The van der Waals surface area contributed by atoms with Gasteiger partial charge in [-0.3, -0.25) is 4.79 Å². The Balaban J connectivity index is 1.85. The predicted molar refractivity (Wildman–Crippen MR) is 76.6 cm³/mol. The van der Waals surface area contributed by atoms with Crippen LogP contribution >= 0.6 is 0 Å². The van der Waals surface area contributed by atoms with Crippen LogP contribution in [0.5, 0.6) is 0 Å². The quantitative estimate of drug-likeness (QED) is 0.854. The molecule has 2 bridgehead atoms. The SMILES string of the molecule is N#CCNC(=O)C1(Cc2ccccc2)CC2CCC1C2. The topological polar surface area (TPSA) is 52.9 Å². The number of hydrogen-bond donors (Lipinski definition) is 1. The van der Waals surface area contributed by atoms with E-state index in [9.17, 15) is 4.79 Å². The average Bonchev–Trinajstić information content (AvgIpc) is 3.07. The van der Waals surface area contributed by atoms with Crippen LogP contribution in [-0.2, 0) is 11.2 Å². The van der Waals surface area contributed by atoms with E-state index in [1.807, 2.05) is 24.3 Å². The summed E-state index contributed by atoms with van der Waals surface area (Å²) in [5.41, 5.74) is 0.952. The minimum Gasteiger partial charge on any atom is -0.342 e. The monoisotopic (exact) mass is 268 g/mol. The third kappa shape index (κ3) is 2.20. The molecule has 3 rings (SSSR count). The lowest BCUT2D eigenvalue weighted by Crippen LogP contribution is -2.46. The fraction of sp³-hybridized carbons (Fsp3) is 0.529. The Morgan fingerprint density at radius 1 is 1.35 bits per heavy atom. The van der Waals surface area contributed by atoms with Crippen LogP contribution in [0.1, 0.15) is 31.2 Å². The minimum absolute atomic E-state index is 0.0927. The van der Waals surface area contributed by atoms with E-state index in [1.54, 1.807) is 0 Å². The predicted octanol–water partition coefficient (Wildman–Crippen LogP) is 2.68. The molecule has 1 aromatic carbocycles. The molecular formula is C17H20N2O. The highest BCUT2D eigenvalue weighted by atomic mass is 16.2. The lowest BCUT2D eigenvalue weighted by molar-refractivity contribution is -0.133. The van der Waals surface area contributed by atoms with Crippen molar-refractivity contribution in [3.05, 3.63) is 35.9 Å². The third-order valence-electron chi connectivity index (χ3n) is 5.12. The Morgan fingerprint density at radius 2 is 2.15 bits per heavy atom. The van der Waals surface area contributed by atoms with Crippen molar-refractivity contribution in [3.8, 4) is 6.07 Å². The molecular weight excluding hydrogens is 248 g/mol. The molecule has 0 radical (unpaired) electrons. The summed E-state index contributed by atoms with van der Waals surface area (Å²) in [5, 5.41) is 11.5. The van der Waals surface area contributed by atoms with Crippen LogP contribution < -0.4 is 5.32 Å². The van der Waals surface area contributed by atoms with Crippen molar-refractivity contribution in [2.24, 2.45) is 17.3 Å². The first kappa shape index (κ1) is 13.2. The maximum atomic E-state index is 12.7. The highest BCUT2D eigenvalue weighted by Crippen LogP contribution is 2.57. The first-order valence-electron chi connectivity index (χ1n) is 7.44. The second-order valence-corrected chi connectivity index (χ2v) is 6.24. The van der Waals surface area contributed by atoms with Gasteiger partial charge in [-0.05, 0) is 43.1 Å². The lowest BCUT2D eigenvalue weighted by atomic mass is 9.68. The van der Waals surface area contributed by atoms with Crippen LogP contribution in [-0.4, -0.2) is 12.5 Å². The average molecular weight is 268 g/mol. The van der Waals surface area contributed by atoms with Crippen molar-refractivity contribution < 1.29 is 4.79 Å². The smallest absolute Gasteiger partial charge is 0.227 e. The summed E-state index contributed by atoms with van der Waals surface area (Å²) in [7, 11) is 0. The van der Waals surface area contributed by atoms with Crippen LogP contribution in [0.3, 0.4) is 0 Å². The molecule has 0 saturated heterocycles. The van der Waals surface area contributed by atoms with Crippen LogP contribution in [0.15, 0.2) is 30.3 Å². The Labute approximate surface area is 120 Å². The van der Waals surface area contributed by atoms with E-state index in [4.69, 9.17) is 5.26 Å². The van der Waals surface area contributed by atoms with Crippen molar-refractivity contribution in [2.75, 3.05) is 6.54 Å². The van der Waals surface area contributed by atoms with E-state index in [1.165, 1.54) is 18.4 Å². The fourth-order valence-electron chi connectivity index (χ4n) is 4.27. The van der Waals surface area contributed by atoms with Gasteiger partial charge in [0.25, 0.3) is 0 Å². The molecule has 20 heavy (non-hydrogen) atoms. The molecule has 1 aromatic rings. The molecule has 3 nitrogen and oxygen atoms in total. The third-order valence-corrected chi connectivity index (χ3v) is 5.12. The van der Waals surface area contributed by atoms with Crippen LogP contribution in [0.25, 0.3) is 0 Å². The zero-order valence-electron chi connectivity index (χ0n) is 11.6. The second kappa shape index (κ2) is 5.28. The van der Waals surface area contributed by atoms with E-state index in [0.717, 1.165) is 19.3 Å². The molecule has 1 amide bonds. The molecule has 104 valence electrons. The molecule has 2 aliphatic rings. The standard InChI is InChI=1S/C17H20N2O/c18-8-9-19-16(20)17(11-13-4-2-1-3-5-13)12-14-6-7-15(17)10-14/h1-5,14-15H,6-7,9-12H2,(H,19,20). The van der Waals surface area contributed by atoms with Crippen LogP contribution in [0, 0.1) is 28.6 Å². The molecule has 3 heteroatoms. The molecule has 2 aliphatic carbocycles. The van der Waals surface area contributed by atoms with E-state index < -0.39 is 0 Å². The van der Waals surface area contributed by atoms with Crippen LogP contribution in [0.4, 0.5) is 0 Å². The van der Waals surface area contributed by atoms with E-state index in [-0.39, 0.29) is 17.9 Å². The van der Waals surface area contributed by atoms with Crippen molar-refractivity contribution in [1.29, 1.82) is 5.26 Å². The number of amides is 1. The van der Waals surface area contributed by atoms with Crippen molar-refractivity contribution in [3.63, 3.8) is 0 Å². The normalized spacial score (nSPS) is 30.9. The molecule has 0 heterocycles. The summed E-state index contributed by atoms with van der Waals surface area (Å²) in [5.74, 6) is 1.29. The summed E-state index contributed by atoms with van der Waals surface area (Å²) in [4.78, 5) is 12.7. The van der Waals surface area contributed by atoms with Gasteiger partial charge in [-0.25, -0.2) is 0 Å². The van der Waals surface area contributed by atoms with Gasteiger partial charge in [0.15, 0.2) is 0 Å². The van der Waals surface area contributed by atoms with Gasteiger partial charge in [0, 0.05) is 0 Å². The number of nitriles is 1. The number of fused-ring (bicyclic) bond motifs is 2. The van der Waals surface area contributed by atoms with E-state index >= 15 is 0 Å². The number of carbonyl (C=O) groups excluding carboxylic acids is 1. The number of rotatable bonds is 4. The summed E-state index contributed by atoms with van der Waals surface area (Å²) in [6.07, 6.45) is 5.42. The number of hydrogen-bond acceptors (Lipinski definition) is 2. The van der Waals surface area contributed by atoms with Gasteiger partial charge in [-0.2, -0.15) is 5.26 Å². The first-order chi connectivity index (χ1) is 9.74. The van der Waals surface area contributed by atoms with Gasteiger partial charge in [0.2, 0.25) is 5.91 Å². The highest BCUT2D eigenvalue weighted by molar-refractivity contribution is 5.84. The number of nitrogens with zero attached hydrogens (tertiary/aromatic N) is 1. The Bertz CT molecular complexity index is 534. The van der Waals surface area contributed by atoms with Crippen molar-refractivity contribution in [1.82, 2.24) is 5.32 Å². The van der Waals surface area contributed by atoms with Gasteiger partial charge < -0.3 is 5.32 Å². The summed E-state index contributed by atoms with van der Waals surface area (Å²) < 4.78 is 0. The zero-order chi connectivity index (χ0) is 14.0. The Kier molecular flexibility index (Phi) is 3.48. The second-order valence-electron chi connectivity index (χ2n) is 6.24. The Hall–Kier alpha value is -1.82. The molecule has 1 N–H and O–H groups in total. The zero-order valence-corrected chi connectivity index (χ0v) is 11.6. The summed E-state index contributed by atoms with van der Waals surface area (Å²) >= 11 is 0. The molecule has 2 fully saturated rings. The van der Waals surface area contributed by atoms with Crippen LogP contribution in [0.2, 0.25) is 0 Å². The van der Waals surface area contributed by atoms with Gasteiger partial charge in [0.1, 0.15) is 6.54 Å². The van der Waals surface area contributed by atoms with Crippen molar-refractivity contribution >= 4 is 5.91 Å². The highest BCUT2D eigenvalue weighted by Gasteiger charge is 2.55.